The summed E-state index contributed by atoms with van der Waals surface area (Å²) >= 11 is 5.79. The molecule has 0 aromatic heterocycles. The Morgan fingerprint density at radius 2 is 1.91 bits per heavy atom. The highest BCUT2D eigenvalue weighted by Gasteiger charge is 2.33. The van der Waals surface area contributed by atoms with Gasteiger partial charge in [-0.3, -0.25) is 0 Å². The molecule has 32 heavy (non-hydrogen) atoms. The first-order chi connectivity index (χ1) is 15.3. The lowest BCUT2D eigenvalue weighted by atomic mass is 9.89. The van der Waals surface area contributed by atoms with Crippen molar-refractivity contribution in [2.24, 2.45) is 5.92 Å². The second-order valence-electron chi connectivity index (χ2n) is 7.99. The molecule has 0 bridgehead atoms. The minimum atomic E-state index is -3.85. The van der Waals surface area contributed by atoms with Crippen LogP contribution in [0.1, 0.15) is 18.4 Å². The summed E-state index contributed by atoms with van der Waals surface area (Å²) in [6.45, 7) is 1.55. The smallest absolute Gasteiger partial charge is 0.243 e. The molecule has 0 saturated carbocycles. The van der Waals surface area contributed by atoms with Crippen LogP contribution in [-0.2, 0) is 26.1 Å². The van der Waals surface area contributed by atoms with Gasteiger partial charge in [0.1, 0.15) is 11.6 Å². The molecule has 9 heteroatoms. The Morgan fingerprint density at radius 1 is 1.12 bits per heavy atom. The van der Waals surface area contributed by atoms with Crippen molar-refractivity contribution in [2.45, 2.75) is 30.4 Å². The van der Waals surface area contributed by atoms with Gasteiger partial charge >= 0.3 is 0 Å². The Balaban J connectivity index is 1.44. The molecule has 172 valence electrons. The Hall–Kier alpha value is -1.84. The zero-order valence-corrected chi connectivity index (χ0v) is 18.9. The Kier molecular flexibility index (Phi) is 7.27. The molecular formula is C23H24ClF2NO4S. The molecule has 1 heterocycles. The summed E-state index contributed by atoms with van der Waals surface area (Å²) < 4.78 is 65.8. The first-order valence-electron chi connectivity index (χ1n) is 10.4. The number of hydrogen-bond acceptors (Lipinski definition) is 4. The van der Waals surface area contributed by atoms with Crippen molar-refractivity contribution >= 4 is 21.6 Å². The maximum absolute atomic E-state index is 13.5. The number of rotatable bonds is 6. The fourth-order valence-electron chi connectivity index (χ4n) is 4.00. The highest BCUT2D eigenvalue weighted by atomic mass is 35.5. The van der Waals surface area contributed by atoms with Gasteiger partial charge in [0.15, 0.2) is 0 Å². The number of sulfonamides is 1. The molecule has 0 amide bonds. The molecule has 0 N–H and O–H groups in total. The maximum atomic E-state index is 13.5. The molecule has 4 rings (SSSR count). The van der Waals surface area contributed by atoms with Crippen LogP contribution in [0.2, 0.25) is 5.02 Å². The number of hydrogen-bond donors (Lipinski definition) is 0. The molecule has 2 aromatic carbocycles. The second kappa shape index (κ2) is 9.97. The lowest BCUT2D eigenvalue weighted by molar-refractivity contribution is 0.0561. The number of halogens is 3. The zero-order chi connectivity index (χ0) is 22.7. The van der Waals surface area contributed by atoms with Crippen LogP contribution in [0.25, 0.3) is 0 Å². The van der Waals surface area contributed by atoms with E-state index in [4.69, 9.17) is 21.1 Å². The molecule has 5 nitrogen and oxygen atoms in total. The Bertz CT molecular complexity index is 1090. The highest BCUT2D eigenvalue weighted by molar-refractivity contribution is 7.89. The second-order valence-corrected chi connectivity index (χ2v) is 10.3. The fraction of sp³-hybridized carbons (Fsp3) is 0.391. The molecule has 2 aliphatic rings. The minimum absolute atomic E-state index is 0.0436. The lowest BCUT2D eigenvalue weighted by Gasteiger charge is -2.28. The van der Waals surface area contributed by atoms with Crippen LogP contribution in [0, 0.1) is 17.6 Å². The first kappa shape index (κ1) is 23.3. The maximum Gasteiger partial charge on any atom is 0.243 e. The van der Waals surface area contributed by atoms with Crippen molar-refractivity contribution in [2.75, 3.05) is 26.3 Å². The first-order valence-corrected chi connectivity index (χ1v) is 12.2. The van der Waals surface area contributed by atoms with Gasteiger partial charge in [-0.1, -0.05) is 29.8 Å². The summed E-state index contributed by atoms with van der Waals surface area (Å²) in [5, 5.41) is -0.231. The monoisotopic (exact) mass is 483 g/mol. The topological polar surface area (TPSA) is 55.8 Å². The summed E-state index contributed by atoms with van der Waals surface area (Å²) in [5.74, 6) is -0.816. The number of ether oxygens (including phenoxy) is 2. The van der Waals surface area contributed by atoms with Crippen LogP contribution < -0.4 is 0 Å². The molecule has 2 aromatic rings. The minimum Gasteiger partial charge on any atom is -0.376 e. The average molecular weight is 484 g/mol. The Morgan fingerprint density at radius 3 is 2.66 bits per heavy atom. The van der Waals surface area contributed by atoms with Crippen LogP contribution >= 0.6 is 11.6 Å². The largest absolute Gasteiger partial charge is 0.376 e. The van der Waals surface area contributed by atoms with E-state index in [1.165, 1.54) is 22.5 Å². The third-order valence-electron chi connectivity index (χ3n) is 5.72. The molecule has 0 spiro atoms. The van der Waals surface area contributed by atoms with E-state index in [9.17, 15) is 17.2 Å². The van der Waals surface area contributed by atoms with Crippen molar-refractivity contribution in [3.05, 3.63) is 76.3 Å². The normalized spacial score (nSPS) is 22.2. The van der Waals surface area contributed by atoms with Gasteiger partial charge in [-0.05, 0) is 54.3 Å². The average Bonchev–Trinajstić information content (AvgIpc) is 2.99. The van der Waals surface area contributed by atoms with Gasteiger partial charge in [0, 0.05) is 19.0 Å². The van der Waals surface area contributed by atoms with E-state index in [1.807, 2.05) is 6.08 Å². The summed E-state index contributed by atoms with van der Waals surface area (Å²) in [7, 11) is -3.85. The summed E-state index contributed by atoms with van der Waals surface area (Å²) in [6.07, 6.45) is 3.58. The van der Waals surface area contributed by atoms with Gasteiger partial charge in [-0.2, -0.15) is 4.31 Å². The molecule has 2 atom stereocenters. The zero-order valence-electron chi connectivity index (χ0n) is 17.3. The van der Waals surface area contributed by atoms with Gasteiger partial charge in [-0.15, -0.1) is 0 Å². The van der Waals surface area contributed by atoms with Crippen LogP contribution in [-0.4, -0.2) is 45.1 Å². The van der Waals surface area contributed by atoms with E-state index in [0.717, 1.165) is 36.1 Å². The van der Waals surface area contributed by atoms with Gasteiger partial charge in [0.05, 0.1) is 35.8 Å². The van der Waals surface area contributed by atoms with E-state index in [-0.39, 0.29) is 47.5 Å². The fourth-order valence-corrected chi connectivity index (χ4v) is 5.68. The molecule has 1 aliphatic carbocycles. The van der Waals surface area contributed by atoms with Gasteiger partial charge in [0.25, 0.3) is 0 Å². The van der Waals surface area contributed by atoms with E-state index in [0.29, 0.717) is 13.2 Å². The van der Waals surface area contributed by atoms with Crippen molar-refractivity contribution < 1.29 is 26.7 Å². The predicted octanol–water partition coefficient (Wildman–Crippen LogP) is 4.56. The number of fused-ring (bicyclic) bond motifs is 1. The molecule has 1 aliphatic heterocycles. The van der Waals surface area contributed by atoms with Crippen molar-refractivity contribution in [3.63, 3.8) is 0 Å². The summed E-state index contributed by atoms with van der Waals surface area (Å²) in [6, 6.07) is 9.59. The molecule has 1 fully saturated rings. The molecular weight excluding hydrogens is 460 g/mol. The number of nitrogens with zero attached hydrogens (tertiary/aromatic N) is 1. The van der Waals surface area contributed by atoms with Gasteiger partial charge in [-0.25, -0.2) is 17.2 Å². The quantitative estimate of drug-likeness (QED) is 0.565. The van der Waals surface area contributed by atoms with Crippen LogP contribution in [0.15, 0.2) is 59.0 Å². The van der Waals surface area contributed by atoms with E-state index < -0.39 is 15.8 Å². The van der Waals surface area contributed by atoms with E-state index >= 15 is 0 Å². The third-order valence-corrected chi connectivity index (χ3v) is 7.86. The van der Waals surface area contributed by atoms with Gasteiger partial charge in [0.2, 0.25) is 10.0 Å². The molecule has 0 radical (unpaired) electrons. The SMILES string of the molecule is O=S(=O)(c1ccc(F)c(Cl)c1)N1CCOC2CCC(COCc3ccc(F)cc3)C=C2C1. The molecule has 1 saturated heterocycles. The van der Waals surface area contributed by atoms with E-state index in [1.54, 1.807) is 12.1 Å². The Labute approximate surface area is 191 Å². The predicted molar refractivity (Wildman–Crippen MR) is 117 cm³/mol. The van der Waals surface area contributed by atoms with Crippen molar-refractivity contribution in [1.29, 1.82) is 0 Å². The van der Waals surface area contributed by atoms with Crippen LogP contribution in [0.5, 0.6) is 0 Å². The highest BCUT2D eigenvalue weighted by Crippen LogP contribution is 2.31. The standard InChI is InChI=1S/C23H24ClF2NO4S/c24-21-12-20(6-7-22(21)26)32(28,29)27-9-10-31-23-8-3-17(11-18(23)13-27)15-30-14-16-1-4-19(25)5-2-16/h1-2,4-7,11-12,17,23H,3,8-10,13-15H2. The van der Waals surface area contributed by atoms with Gasteiger partial charge < -0.3 is 9.47 Å². The third kappa shape index (κ3) is 5.38. The summed E-state index contributed by atoms with van der Waals surface area (Å²) in [5.41, 5.74) is 1.79. The van der Waals surface area contributed by atoms with Crippen molar-refractivity contribution in [3.8, 4) is 0 Å². The summed E-state index contributed by atoms with van der Waals surface area (Å²) in [4.78, 5) is -0.0436. The van der Waals surface area contributed by atoms with E-state index in [2.05, 4.69) is 0 Å². The van der Waals surface area contributed by atoms with Crippen LogP contribution in [0.4, 0.5) is 8.78 Å². The number of benzene rings is 2. The molecule has 2 unspecified atom stereocenters. The lowest BCUT2D eigenvalue weighted by Crippen LogP contribution is -2.35. The van der Waals surface area contributed by atoms with Crippen molar-refractivity contribution in [1.82, 2.24) is 4.31 Å². The van der Waals surface area contributed by atoms with Crippen LogP contribution in [0.3, 0.4) is 0 Å².